The molecule has 2 aromatic carbocycles. The Kier molecular flexibility index (Phi) is 9.24. The third-order valence-electron chi connectivity index (χ3n) is 6.28. The minimum atomic E-state index is -0.747. The van der Waals surface area contributed by atoms with Crippen molar-refractivity contribution in [3.05, 3.63) is 84.5 Å². The number of thiazole rings is 1. The summed E-state index contributed by atoms with van der Waals surface area (Å²) in [5, 5.41) is 0. The van der Waals surface area contributed by atoms with Crippen molar-refractivity contribution in [2.24, 2.45) is 4.99 Å². The Morgan fingerprint density at radius 2 is 1.85 bits per heavy atom. The van der Waals surface area contributed by atoms with E-state index in [0.29, 0.717) is 56.6 Å². The minimum Gasteiger partial charge on any atom is -0.493 e. The van der Waals surface area contributed by atoms with Crippen LogP contribution in [0.5, 0.6) is 17.2 Å². The molecule has 2 heterocycles. The SMILES string of the molecule is CCCCOc1ccc(C2C(C(=O)OCC)=C(C)N=c3s/c(=C\c4ccccc4OCC)c(=O)n32)cc1OC. The normalized spacial score (nSPS) is 15.0. The van der Waals surface area contributed by atoms with Gasteiger partial charge in [0.05, 0.1) is 48.8 Å². The summed E-state index contributed by atoms with van der Waals surface area (Å²) in [4.78, 5) is 32.3. The zero-order valence-corrected chi connectivity index (χ0v) is 23.8. The summed E-state index contributed by atoms with van der Waals surface area (Å²) in [5.41, 5.74) is 2.04. The number of aromatic nitrogens is 1. The molecule has 0 saturated carbocycles. The average Bonchev–Trinajstić information content (AvgIpc) is 3.23. The number of unbranched alkanes of at least 4 members (excludes halogenated alkanes) is 1. The number of allylic oxidation sites excluding steroid dienone is 1. The molecule has 0 bridgehead atoms. The zero-order valence-electron chi connectivity index (χ0n) is 23.0. The Morgan fingerprint density at radius 3 is 2.56 bits per heavy atom. The molecule has 39 heavy (non-hydrogen) atoms. The molecule has 0 saturated heterocycles. The zero-order chi connectivity index (χ0) is 27.9. The van der Waals surface area contributed by atoms with Crippen molar-refractivity contribution < 1.29 is 23.7 Å². The predicted octanol–water partition coefficient (Wildman–Crippen LogP) is 4.38. The maximum absolute atomic E-state index is 13.9. The highest BCUT2D eigenvalue weighted by atomic mass is 32.1. The summed E-state index contributed by atoms with van der Waals surface area (Å²) >= 11 is 1.27. The molecule has 0 N–H and O–H groups in total. The number of hydrogen-bond donors (Lipinski definition) is 0. The first-order chi connectivity index (χ1) is 18.9. The van der Waals surface area contributed by atoms with Gasteiger partial charge in [-0.3, -0.25) is 9.36 Å². The van der Waals surface area contributed by atoms with Gasteiger partial charge in [-0.05, 0) is 57.0 Å². The molecule has 9 heteroatoms. The molecule has 1 aliphatic heterocycles. The number of hydrogen-bond acceptors (Lipinski definition) is 8. The lowest BCUT2D eigenvalue weighted by Gasteiger charge is -2.25. The first kappa shape index (κ1) is 28.2. The molecule has 3 aromatic rings. The van der Waals surface area contributed by atoms with Gasteiger partial charge in [-0.2, -0.15) is 0 Å². The molecule has 1 aromatic heterocycles. The molecular formula is C30H34N2O6S. The number of methoxy groups -OCH3 is 1. The van der Waals surface area contributed by atoms with Gasteiger partial charge in [-0.1, -0.05) is 48.9 Å². The second kappa shape index (κ2) is 12.8. The van der Waals surface area contributed by atoms with Crippen LogP contribution >= 0.6 is 11.3 Å². The van der Waals surface area contributed by atoms with Crippen LogP contribution in [-0.4, -0.2) is 37.5 Å². The summed E-state index contributed by atoms with van der Waals surface area (Å²) in [5.74, 6) is 1.30. The lowest BCUT2D eigenvalue weighted by atomic mass is 9.95. The number of rotatable bonds is 11. The molecule has 0 amide bonds. The van der Waals surface area contributed by atoms with E-state index in [1.165, 1.54) is 11.3 Å². The van der Waals surface area contributed by atoms with Crippen molar-refractivity contribution in [1.82, 2.24) is 4.57 Å². The van der Waals surface area contributed by atoms with Crippen LogP contribution in [0.3, 0.4) is 0 Å². The first-order valence-corrected chi connectivity index (χ1v) is 14.0. The molecule has 1 aliphatic rings. The van der Waals surface area contributed by atoms with E-state index in [-0.39, 0.29) is 12.2 Å². The number of fused-ring (bicyclic) bond motifs is 1. The van der Waals surface area contributed by atoms with Crippen LogP contribution in [0.1, 0.15) is 57.7 Å². The van der Waals surface area contributed by atoms with E-state index < -0.39 is 12.0 Å². The van der Waals surface area contributed by atoms with Crippen molar-refractivity contribution in [1.29, 1.82) is 0 Å². The lowest BCUT2D eigenvalue weighted by molar-refractivity contribution is -0.139. The number of carbonyl (C=O) groups is 1. The molecule has 0 fully saturated rings. The fourth-order valence-electron chi connectivity index (χ4n) is 4.43. The van der Waals surface area contributed by atoms with E-state index in [2.05, 4.69) is 11.9 Å². The first-order valence-electron chi connectivity index (χ1n) is 13.2. The van der Waals surface area contributed by atoms with Gasteiger partial charge in [-0.15, -0.1) is 0 Å². The Morgan fingerprint density at radius 1 is 1.05 bits per heavy atom. The van der Waals surface area contributed by atoms with Gasteiger partial charge in [0.2, 0.25) is 0 Å². The van der Waals surface area contributed by atoms with Crippen LogP contribution in [0.25, 0.3) is 6.08 Å². The predicted molar refractivity (Wildman–Crippen MR) is 151 cm³/mol. The molecule has 1 atom stereocenters. The number of benzene rings is 2. The van der Waals surface area contributed by atoms with Gasteiger partial charge in [0.1, 0.15) is 5.75 Å². The molecule has 8 nitrogen and oxygen atoms in total. The van der Waals surface area contributed by atoms with Crippen molar-refractivity contribution >= 4 is 23.4 Å². The number of ether oxygens (including phenoxy) is 4. The highest BCUT2D eigenvalue weighted by Crippen LogP contribution is 2.36. The van der Waals surface area contributed by atoms with E-state index in [4.69, 9.17) is 18.9 Å². The largest absolute Gasteiger partial charge is 0.493 e. The van der Waals surface area contributed by atoms with Crippen LogP contribution in [0, 0.1) is 0 Å². The maximum atomic E-state index is 13.9. The second-order valence-corrected chi connectivity index (χ2v) is 9.89. The lowest BCUT2D eigenvalue weighted by Crippen LogP contribution is -2.40. The van der Waals surface area contributed by atoms with Gasteiger partial charge in [0.15, 0.2) is 16.3 Å². The summed E-state index contributed by atoms with van der Waals surface area (Å²) in [6.45, 7) is 8.81. The molecule has 1 unspecified atom stereocenters. The van der Waals surface area contributed by atoms with Crippen molar-refractivity contribution in [2.75, 3.05) is 26.9 Å². The fraction of sp³-hybridized carbons (Fsp3) is 0.367. The number of nitrogens with zero attached hydrogens (tertiary/aromatic N) is 2. The van der Waals surface area contributed by atoms with Gasteiger partial charge < -0.3 is 18.9 Å². The molecule has 206 valence electrons. The highest BCUT2D eigenvalue weighted by Gasteiger charge is 2.34. The fourth-order valence-corrected chi connectivity index (χ4v) is 5.47. The van der Waals surface area contributed by atoms with Crippen LogP contribution in [0.4, 0.5) is 0 Å². The molecular weight excluding hydrogens is 516 g/mol. The van der Waals surface area contributed by atoms with Crippen LogP contribution in [0.2, 0.25) is 0 Å². The van der Waals surface area contributed by atoms with E-state index in [1.807, 2.05) is 49.4 Å². The van der Waals surface area contributed by atoms with Gasteiger partial charge in [-0.25, -0.2) is 9.79 Å². The maximum Gasteiger partial charge on any atom is 0.338 e. The average molecular weight is 551 g/mol. The van der Waals surface area contributed by atoms with Gasteiger partial charge in [0.25, 0.3) is 5.56 Å². The number of carbonyl (C=O) groups excluding carboxylic acids is 1. The highest BCUT2D eigenvalue weighted by molar-refractivity contribution is 7.07. The Labute approximate surface area is 231 Å². The van der Waals surface area contributed by atoms with Crippen molar-refractivity contribution in [3.8, 4) is 17.2 Å². The summed E-state index contributed by atoms with van der Waals surface area (Å²) in [6, 6.07) is 12.3. The summed E-state index contributed by atoms with van der Waals surface area (Å²) in [7, 11) is 1.57. The monoisotopic (exact) mass is 550 g/mol. The Hall–Kier alpha value is -3.85. The van der Waals surface area contributed by atoms with Gasteiger partial charge in [0, 0.05) is 5.56 Å². The van der Waals surface area contributed by atoms with E-state index in [9.17, 15) is 9.59 Å². The standard InChI is InChI=1S/C30H34N2O6S/c1-6-9-16-38-23-15-14-21(17-24(23)35-5)27-26(29(34)37-8-3)19(4)31-30-32(27)28(33)25(39-30)18-20-12-10-11-13-22(20)36-7-2/h10-15,17-18,27H,6-9,16H2,1-5H3/b25-18-. The molecule has 0 spiro atoms. The smallest absolute Gasteiger partial charge is 0.338 e. The van der Waals surface area contributed by atoms with E-state index in [0.717, 1.165) is 18.4 Å². The second-order valence-electron chi connectivity index (χ2n) is 8.89. The third-order valence-corrected chi connectivity index (χ3v) is 7.26. The number of esters is 1. The Balaban J connectivity index is 1.90. The molecule has 0 aliphatic carbocycles. The molecule has 4 rings (SSSR count). The van der Waals surface area contributed by atoms with Gasteiger partial charge >= 0.3 is 5.97 Å². The van der Waals surface area contributed by atoms with Crippen LogP contribution in [-0.2, 0) is 9.53 Å². The topological polar surface area (TPSA) is 88.4 Å². The summed E-state index contributed by atoms with van der Waals surface area (Å²) < 4.78 is 24.7. The van der Waals surface area contributed by atoms with Crippen molar-refractivity contribution in [2.45, 2.75) is 46.6 Å². The minimum absolute atomic E-state index is 0.203. The Bertz CT molecular complexity index is 1550. The van der Waals surface area contributed by atoms with E-state index in [1.54, 1.807) is 31.6 Å². The third kappa shape index (κ3) is 5.93. The van der Waals surface area contributed by atoms with Crippen LogP contribution < -0.4 is 29.1 Å². The molecule has 0 radical (unpaired) electrons. The summed E-state index contributed by atoms with van der Waals surface area (Å²) in [6.07, 6.45) is 3.74. The quantitative estimate of drug-likeness (QED) is 0.260. The number of para-hydroxylation sites is 1. The van der Waals surface area contributed by atoms with Crippen molar-refractivity contribution in [3.63, 3.8) is 0 Å². The van der Waals surface area contributed by atoms with E-state index >= 15 is 0 Å². The van der Waals surface area contributed by atoms with Crippen LogP contribution in [0.15, 0.2) is 63.5 Å².